The van der Waals surface area contributed by atoms with Crippen LogP contribution in [0.5, 0.6) is 5.88 Å². The maximum atomic E-state index is 12.3. The molecule has 0 aliphatic heterocycles. The number of aromatic nitrogens is 1. The SMILES string of the molecule is CCOC=Cc1ccnc(OC)c1-c1cccc(CC(O)(CCN(C)C)c2cccc3ccccc23)c1. The van der Waals surface area contributed by atoms with E-state index in [1.165, 1.54) is 0 Å². The molecule has 0 fully saturated rings. The Labute approximate surface area is 220 Å². The van der Waals surface area contributed by atoms with E-state index in [-0.39, 0.29) is 0 Å². The Morgan fingerprint density at radius 1 is 1.00 bits per heavy atom. The fraction of sp³-hybridized carbons (Fsp3) is 0.281. The molecule has 5 heteroatoms. The average molecular weight is 497 g/mol. The van der Waals surface area contributed by atoms with Gasteiger partial charge in [-0.1, -0.05) is 66.7 Å². The monoisotopic (exact) mass is 496 g/mol. The molecule has 192 valence electrons. The molecule has 4 aromatic rings. The van der Waals surface area contributed by atoms with E-state index in [9.17, 15) is 5.11 Å². The first-order valence-corrected chi connectivity index (χ1v) is 12.7. The number of rotatable bonds is 11. The molecule has 3 aromatic carbocycles. The summed E-state index contributed by atoms with van der Waals surface area (Å²) in [6.45, 7) is 3.32. The standard InChI is InChI=1S/C32H36N2O3/c1-5-37-21-17-26-16-19-33-31(36-4)30(26)27-13-8-10-24(22-27)23-32(35,18-20-34(2)3)29-15-9-12-25-11-6-7-14-28(25)29/h6-17,19,21-22,35H,5,18,20,23H2,1-4H3. The van der Waals surface area contributed by atoms with Gasteiger partial charge in [-0.2, -0.15) is 0 Å². The molecule has 1 heterocycles. The van der Waals surface area contributed by atoms with E-state index in [2.05, 4.69) is 52.3 Å². The first kappa shape index (κ1) is 26.4. The van der Waals surface area contributed by atoms with E-state index in [4.69, 9.17) is 9.47 Å². The molecule has 1 atom stereocenters. The van der Waals surface area contributed by atoms with Crippen molar-refractivity contribution in [2.75, 3.05) is 34.4 Å². The summed E-state index contributed by atoms with van der Waals surface area (Å²) in [5.74, 6) is 0.549. The van der Waals surface area contributed by atoms with Gasteiger partial charge in [-0.15, -0.1) is 0 Å². The number of fused-ring (bicyclic) bond motifs is 1. The lowest BCUT2D eigenvalue weighted by Crippen LogP contribution is -2.33. The number of pyridine rings is 1. The Morgan fingerprint density at radius 3 is 2.57 bits per heavy atom. The maximum absolute atomic E-state index is 12.3. The van der Waals surface area contributed by atoms with E-state index < -0.39 is 5.60 Å². The first-order valence-electron chi connectivity index (χ1n) is 12.7. The summed E-state index contributed by atoms with van der Waals surface area (Å²) in [6.07, 6.45) is 6.45. The van der Waals surface area contributed by atoms with E-state index in [0.29, 0.717) is 25.3 Å². The predicted octanol–water partition coefficient (Wildman–Crippen LogP) is 6.30. The van der Waals surface area contributed by atoms with Gasteiger partial charge in [0.25, 0.3) is 0 Å². The van der Waals surface area contributed by atoms with Crippen molar-refractivity contribution < 1.29 is 14.6 Å². The number of nitrogens with zero attached hydrogens (tertiary/aromatic N) is 2. The Morgan fingerprint density at radius 2 is 1.78 bits per heavy atom. The summed E-state index contributed by atoms with van der Waals surface area (Å²) in [5, 5.41) is 14.5. The fourth-order valence-electron chi connectivity index (χ4n) is 4.79. The number of benzene rings is 3. The number of ether oxygens (including phenoxy) is 2. The highest BCUT2D eigenvalue weighted by Gasteiger charge is 2.31. The van der Waals surface area contributed by atoms with Gasteiger partial charge in [-0.25, -0.2) is 4.98 Å². The van der Waals surface area contributed by atoms with Gasteiger partial charge < -0.3 is 19.5 Å². The van der Waals surface area contributed by atoms with Crippen LogP contribution in [0.25, 0.3) is 28.0 Å². The van der Waals surface area contributed by atoms with Gasteiger partial charge in [0.05, 0.1) is 31.1 Å². The second-order valence-electron chi connectivity index (χ2n) is 9.53. The van der Waals surface area contributed by atoms with Gasteiger partial charge in [0.2, 0.25) is 5.88 Å². The van der Waals surface area contributed by atoms with Crippen LogP contribution in [0.2, 0.25) is 0 Å². The molecule has 1 unspecified atom stereocenters. The second-order valence-corrected chi connectivity index (χ2v) is 9.53. The summed E-state index contributed by atoms with van der Waals surface area (Å²) in [5.41, 5.74) is 3.78. The van der Waals surface area contributed by atoms with Crippen LogP contribution in [0, 0.1) is 0 Å². The topological polar surface area (TPSA) is 54.8 Å². The van der Waals surface area contributed by atoms with Gasteiger partial charge in [0, 0.05) is 19.2 Å². The third kappa shape index (κ3) is 6.19. The summed E-state index contributed by atoms with van der Waals surface area (Å²) < 4.78 is 11.1. The summed E-state index contributed by atoms with van der Waals surface area (Å²) in [4.78, 5) is 6.56. The van der Waals surface area contributed by atoms with Gasteiger partial charge in [0.15, 0.2) is 0 Å². The average Bonchev–Trinajstić information content (AvgIpc) is 2.91. The molecule has 0 aliphatic carbocycles. The molecule has 0 spiro atoms. The maximum Gasteiger partial charge on any atom is 0.221 e. The normalized spacial score (nSPS) is 13.2. The molecular weight excluding hydrogens is 460 g/mol. The molecule has 4 rings (SSSR count). The highest BCUT2D eigenvalue weighted by molar-refractivity contribution is 5.86. The van der Waals surface area contributed by atoms with E-state index in [1.54, 1.807) is 19.6 Å². The first-order chi connectivity index (χ1) is 17.9. The minimum absolute atomic E-state index is 0.482. The number of hydrogen-bond donors (Lipinski definition) is 1. The lowest BCUT2D eigenvalue weighted by molar-refractivity contribution is 0.0227. The molecule has 5 nitrogen and oxygen atoms in total. The van der Waals surface area contributed by atoms with Crippen molar-refractivity contribution in [3.8, 4) is 17.0 Å². The summed E-state index contributed by atoms with van der Waals surface area (Å²) in [7, 11) is 5.71. The lowest BCUT2D eigenvalue weighted by atomic mass is 9.81. The van der Waals surface area contributed by atoms with Crippen LogP contribution in [0.15, 0.2) is 85.3 Å². The van der Waals surface area contributed by atoms with Crippen LogP contribution in [-0.2, 0) is 16.8 Å². The quantitative estimate of drug-likeness (QED) is 0.247. The minimum Gasteiger partial charge on any atom is -0.501 e. The van der Waals surface area contributed by atoms with Crippen molar-refractivity contribution in [3.63, 3.8) is 0 Å². The lowest BCUT2D eigenvalue weighted by Gasteiger charge is -2.31. The highest BCUT2D eigenvalue weighted by atomic mass is 16.5. The smallest absolute Gasteiger partial charge is 0.221 e. The Kier molecular flexibility index (Phi) is 8.59. The Balaban J connectivity index is 1.77. The molecular formula is C32H36N2O3. The highest BCUT2D eigenvalue weighted by Crippen LogP contribution is 2.37. The third-order valence-corrected chi connectivity index (χ3v) is 6.63. The second kappa shape index (κ2) is 12.0. The van der Waals surface area contributed by atoms with Gasteiger partial charge in [0.1, 0.15) is 0 Å². The van der Waals surface area contributed by atoms with Crippen LogP contribution in [-0.4, -0.2) is 49.3 Å². The Bertz CT molecular complexity index is 1360. The Hall–Kier alpha value is -3.67. The molecule has 0 amide bonds. The van der Waals surface area contributed by atoms with Crippen LogP contribution < -0.4 is 4.74 Å². The van der Waals surface area contributed by atoms with Gasteiger partial charge >= 0.3 is 0 Å². The van der Waals surface area contributed by atoms with E-state index in [0.717, 1.165) is 45.1 Å². The van der Waals surface area contributed by atoms with Crippen molar-refractivity contribution in [3.05, 3.63) is 102 Å². The van der Waals surface area contributed by atoms with E-state index in [1.807, 2.05) is 57.4 Å². The summed E-state index contributed by atoms with van der Waals surface area (Å²) in [6, 6.07) is 24.7. The van der Waals surface area contributed by atoms with Crippen molar-refractivity contribution in [2.24, 2.45) is 0 Å². The largest absolute Gasteiger partial charge is 0.501 e. The zero-order chi connectivity index (χ0) is 26.3. The van der Waals surface area contributed by atoms with Crippen LogP contribution in [0.1, 0.15) is 30.0 Å². The molecule has 0 bridgehead atoms. The molecule has 1 N–H and O–H groups in total. The fourth-order valence-corrected chi connectivity index (χ4v) is 4.79. The molecule has 0 saturated carbocycles. The van der Waals surface area contributed by atoms with Gasteiger partial charge in [-0.3, -0.25) is 0 Å². The van der Waals surface area contributed by atoms with E-state index >= 15 is 0 Å². The number of aliphatic hydroxyl groups is 1. The minimum atomic E-state index is -1.04. The molecule has 0 aliphatic rings. The van der Waals surface area contributed by atoms with Crippen LogP contribution in [0.4, 0.5) is 0 Å². The molecule has 0 saturated heterocycles. The summed E-state index contributed by atoms with van der Waals surface area (Å²) >= 11 is 0. The van der Waals surface area contributed by atoms with Crippen molar-refractivity contribution in [2.45, 2.75) is 25.4 Å². The number of hydrogen-bond acceptors (Lipinski definition) is 5. The van der Waals surface area contributed by atoms with Crippen molar-refractivity contribution in [1.29, 1.82) is 0 Å². The van der Waals surface area contributed by atoms with Crippen LogP contribution >= 0.6 is 0 Å². The third-order valence-electron chi connectivity index (χ3n) is 6.63. The molecule has 0 radical (unpaired) electrons. The van der Waals surface area contributed by atoms with Gasteiger partial charge in [-0.05, 0) is 72.6 Å². The molecule has 37 heavy (non-hydrogen) atoms. The van der Waals surface area contributed by atoms with Crippen molar-refractivity contribution >= 4 is 16.8 Å². The predicted molar refractivity (Wildman–Crippen MR) is 152 cm³/mol. The zero-order valence-electron chi connectivity index (χ0n) is 22.1. The molecule has 1 aromatic heterocycles. The van der Waals surface area contributed by atoms with Crippen molar-refractivity contribution in [1.82, 2.24) is 9.88 Å². The van der Waals surface area contributed by atoms with Crippen LogP contribution in [0.3, 0.4) is 0 Å². The zero-order valence-corrected chi connectivity index (χ0v) is 22.1. The number of methoxy groups -OCH3 is 1.